The fraction of sp³-hybridized carbons (Fsp3) is 0.600. The van der Waals surface area contributed by atoms with Crippen LogP contribution in [0.4, 0.5) is 13.2 Å². The van der Waals surface area contributed by atoms with Crippen LogP contribution in [0.2, 0.25) is 0 Å². The molecular weight excluding hydrogens is 555 g/mol. The zero-order valence-corrected chi connectivity index (χ0v) is 26.1. The Bertz CT molecular complexity index is 1100. The molecule has 0 radical (unpaired) electrons. The second-order valence-electron chi connectivity index (χ2n) is 11.9. The normalized spacial score (nSPS) is 14.7. The van der Waals surface area contributed by atoms with Gasteiger partial charge in [-0.1, -0.05) is 84.9 Å². The Morgan fingerprint density at radius 3 is 1.76 bits per heavy atom. The Labute approximate surface area is 246 Å². The number of hydrogen-bond donors (Lipinski definition) is 4. The van der Waals surface area contributed by atoms with Crippen molar-refractivity contribution in [3.8, 4) is 0 Å². The average molecular weight is 602 g/mol. The summed E-state index contributed by atoms with van der Waals surface area (Å²) in [5, 5.41) is 22.7. The number of carbonyl (C=O) groups is 4. The first-order valence-electron chi connectivity index (χ1n) is 13.6. The minimum atomic E-state index is -5.08. The van der Waals surface area contributed by atoms with Crippen LogP contribution < -0.4 is 10.6 Å². The lowest BCUT2D eigenvalue weighted by Crippen LogP contribution is -2.62. The third-order valence-electron chi connectivity index (χ3n) is 6.86. The molecule has 238 valence electrons. The SMILES string of the molecule is CCN(C(=O)[C@@H](NC(=O)[C@@H](NC)C(C)(C)c1ccccc1)C(C)(C)C)[C@H](/C=C(\C)C(=O)O)C(C)C.O=C(O)C(F)(F)F. The third kappa shape index (κ3) is 11.1. The van der Waals surface area contributed by atoms with Gasteiger partial charge in [0.05, 0.1) is 12.1 Å². The lowest BCUT2D eigenvalue weighted by molar-refractivity contribution is -0.192. The van der Waals surface area contributed by atoms with E-state index in [2.05, 4.69) is 10.6 Å². The molecule has 4 N–H and O–H groups in total. The molecule has 0 unspecified atom stereocenters. The highest BCUT2D eigenvalue weighted by molar-refractivity contribution is 5.92. The highest BCUT2D eigenvalue weighted by Crippen LogP contribution is 2.29. The van der Waals surface area contributed by atoms with Gasteiger partial charge in [0.15, 0.2) is 0 Å². The van der Waals surface area contributed by atoms with E-state index in [9.17, 15) is 32.7 Å². The van der Waals surface area contributed by atoms with Crippen LogP contribution in [-0.4, -0.2) is 76.8 Å². The van der Waals surface area contributed by atoms with Gasteiger partial charge in [0, 0.05) is 17.5 Å². The summed E-state index contributed by atoms with van der Waals surface area (Å²) in [4.78, 5) is 49.5. The van der Waals surface area contributed by atoms with Gasteiger partial charge in [0.1, 0.15) is 6.04 Å². The Kier molecular flexibility index (Phi) is 14.4. The minimum absolute atomic E-state index is 0.00779. The first-order chi connectivity index (χ1) is 19.0. The van der Waals surface area contributed by atoms with Gasteiger partial charge in [0.25, 0.3) is 0 Å². The number of alkyl halides is 3. The van der Waals surface area contributed by atoms with Gasteiger partial charge in [-0.05, 0) is 37.8 Å². The van der Waals surface area contributed by atoms with Crippen molar-refractivity contribution >= 4 is 23.8 Å². The van der Waals surface area contributed by atoms with Crippen molar-refractivity contribution in [2.45, 2.75) is 92.0 Å². The number of hydrogen-bond acceptors (Lipinski definition) is 5. The second kappa shape index (κ2) is 15.7. The van der Waals surface area contributed by atoms with Crippen molar-refractivity contribution < 1.29 is 42.6 Å². The van der Waals surface area contributed by atoms with Gasteiger partial charge in [0.2, 0.25) is 11.8 Å². The lowest BCUT2D eigenvalue weighted by Gasteiger charge is -2.40. The largest absolute Gasteiger partial charge is 0.490 e. The summed E-state index contributed by atoms with van der Waals surface area (Å²) in [6.07, 6.45) is -3.45. The molecule has 3 atom stereocenters. The molecular formula is C30H46F3N3O6. The van der Waals surface area contributed by atoms with Crippen molar-refractivity contribution in [2.75, 3.05) is 13.6 Å². The van der Waals surface area contributed by atoms with Crippen LogP contribution in [0.3, 0.4) is 0 Å². The summed E-state index contributed by atoms with van der Waals surface area (Å²) < 4.78 is 31.7. The summed E-state index contributed by atoms with van der Waals surface area (Å²) in [5.41, 5.74) is 0.101. The number of likely N-dealkylation sites (N-methyl/N-ethyl adjacent to an activating group) is 2. The van der Waals surface area contributed by atoms with Gasteiger partial charge in [-0.25, -0.2) is 9.59 Å². The summed E-state index contributed by atoms with van der Waals surface area (Å²) in [5.74, 6) is -4.27. The maximum Gasteiger partial charge on any atom is 0.490 e. The Balaban J connectivity index is 0.00000212. The van der Waals surface area contributed by atoms with Crippen LogP contribution in [0.25, 0.3) is 0 Å². The number of benzene rings is 1. The molecule has 9 nitrogen and oxygen atoms in total. The molecule has 0 aliphatic rings. The van der Waals surface area contributed by atoms with Gasteiger partial charge in [-0.2, -0.15) is 13.2 Å². The Morgan fingerprint density at radius 1 is 0.952 bits per heavy atom. The molecule has 0 aliphatic carbocycles. The van der Waals surface area contributed by atoms with E-state index < -0.39 is 47.1 Å². The molecule has 0 saturated heterocycles. The number of rotatable bonds is 11. The van der Waals surface area contributed by atoms with Crippen LogP contribution in [0, 0.1) is 11.3 Å². The van der Waals surface area contributed by atoms with Gasteiger partial charge in [-0.15, -0.1) is 0 Å². The molecule has 0 fully saturated rings. The van der Waals surface area contributed by atoms with Crippen molar-refractivity contribution in [1.82, 2.24) is 15.5 Å². The maximum atomic E-state index is 13.9. The molecule has 1 rings (SSSR count). The molecule has 0 spiro atoms. The van der Waals surface area contributed by atoms with Crippen molar-refractivity contribution in [3.63, 3.8) is 0 Å². The lowest BCUT2D eigenvalue weighted by atomic mass is 9.76. The fourth-order valence-electron chi connectivity index (χ4n) is 4.38. The van der Waals surface area contributed by atoms with E-state index in [1.807, 2.05) is 85.7 Å². The molecule has 12 heteroatoms. The Morgan fingerprint density at radius 2 is 1.43 bits per heavy atom. The molecule has 0 heterocycles. The summed E-state index contributed by atoms with van der Waals surface area (Å²) in [6.45, 7) is 17.5. The number of carbonyl (C=O) groups excluding carboxylic acids is 2. The van der Waals surface area contributed by atoms with E-state index in [0.717, 1.165) is 5.56 Å². The molecule has 0 saturated carbocycles. The Hall–Kier alpha value is -3.41. The van der Waals surface area contributed by atoms with Crippen LogP contribution in [0.15, 0.2) is 42.0 Å². The maximum absolute atomic E-state index is 13.9. The third-order valence-corrected chi connectivity index (χ3v) is 6.86. The first-order valence-corrected chi connectivity index (χ1v) is 13.6. The number of amides is 2. The van der Waals surface area contributed by atoms with E-state index >= 15 is 0 Å². The monoisotopic (exact) mass is 601 g/mol. The molecule has 42 heavy (non-hydrogen) atoms. The summed E-state index contributed by atoms with van der Waals surface area (Å²) >= 11 is 0. The first kappa shape index (κ1) is 38.6. The average Bonchev–Trinajstić information content (AvgIpc) is 2.86. The predicted octanol–water partition coefficient (Wildman–Crippen LogP) is 4.62. The van der Waals surface area contributed by atoms with Gasteiger partial charge in [-0.3, -0.25) is 9.59 Å². The van der Waals surface area contributed by atoms with Gasteiger partial charge < -0.3 is 25.7 Å². The molecule has 0 bridgehead atoms. The van der Waals surface area contributed by atoms with Crippen molar-refractivity contribution in [2.24, 2.45) is 11.3 Å². The topological polar surface area (TPSA) is 136 Å². The number of carboxylic acids is 2. The number of nitrogens with zero attached hydrogens (tertiary/aromatic N) is 1. The zero-order valence-electron chi connectivity index (χ0n) is 26.1. The number of halogens is 3. The van der Waals surface area contributed by atoms with E-state index in [0.29, 0.717) is 6.54 Å². The van der Waals surface area contributed by atoms with Crippen LogP contribution in [0.5, 0.6) is 0 Å². The van der Waals surface area contributed by atoms with E-state index in [1.54, 1.807) is 18.0 Å². The molecule has 1 aromatic carbocycles. The van der Waals surface area contributed by atoms with E-state index in [-0.39, 0.29) is 23.3 Å². The zero-order chi connectivity index (χ0) is 33.2. The van der Waals surface area contributed by atoms with Crippen LogP contribution in [-0.2, 0) is 24.6 Å². The predicted molar refractivity (Wildman–Crippen MR) is 155 cm³/mol. The second-order valence-corrected chi connectivity index (χ2v) is 11.9. The molecule has 2 amide bonds. The quantitative estimate of drug-likeness (QED) is 0.272. The molecule has 0 aromatic heterocycles. The standard InChI is InChI=1S/C28H45N3O4.C2HF3O2/c1-11-31(21(18(2)3)17-19(4)26(34)35)25(33)23(27(5,6)7)30-24(32)22(29-10)28(8,9)20-15-13-12-14-16-20;3-2(4,5)1(6)7/h12-18,21-23,29H,11H2,1-10H3,(H,30,32)(H,34,35);(H,6,7)/b19-17+;/t21-,22-,23-;/m1./s1. The highest BCUT2D eigenvalue weighted by Gasteiger charge is 2.42. The number of aliphatic carboxylic acids is 2. The molecule has 1 aromatic rings. The van der Waals surface area contributed by atoms with Crippen LogP contribution in [0.1, 0.15) is 67.9 Å². The summed E-state index contributed by atoms with van der Waals surface area (Å²) in [7, 11) is 1.75. The summed E-state index contributed by atoms with van der Waals surface area (Å²) in [6, 6.07) is 8.03. The highest BCUT2D eigenvalue weighted by atomic mass is 19.4. The van der Waals surface area contributed by atoms with Crippen molar-refractivity contribution in [3.05, 3.63) is 47.5 Å². The van der Waals surface area contributed by atoms with E-state index in [4.69, 9.17) is 9.90 Å². The fourth-order valence-corrected chi connectivity index (χ4v) is 4.38. The van der Waals surface area contributed by atoms with Gasteiger partial charge >= 0.3 is 18.1 Å². The molecule has 0 aliphatic heterocycles. The smallest absolute Gasteiger partial charge is 0.478 e. The van der Waals surface area contributed by atoms with E-state index in [1.165, 1.54) is 6.92 Å². The van der Waals surface area contributed by atoms with Crippen molar-refractivity contribution in [1.29, 1.82) is 0 Å². The number of nitrogens with one attached hydrogen (secondary N) is 2. The minimum Gasteiger partial charge on any atom is -0.478 e. The number of carboxylic acid groups (broad SMARTS) is 2. The van der Waals surface area contributed by atoms with Crippen LogP contribution >= 0.6 is 0 Å².